The lowest BCUT2D eigenvalue weighted by Gasteiger charge is -2.52. The maximum Gasteiger partial charge on any atom is 0.00183 e. The highest BCUT2D eigenvalue weighted by atomic mass is 15.1. The minimum Gasteiger partial charge on any atom is -0.303 e. The van der Waals surface area contributed by atoms with E-state index in [-0.39, 0.29) is 0 Å². The molecule has 0 N–H and O–H groups in total. The van der Waals surface area contributed by atoms with E-state index < -0.39 is 0 Å². The minimum atomic E-state index is 0.510. The lowest BCUT2D eigenvalue weighted by Crippen LogP contribution is -2.52. The second-order valence-electron chi connectivity index (χ2n) is 7.77. The van der Waals surface area contributed by atoms with Gasteiger partial charge in [-0.3, -0.25) is 0 Å². The van der Waals surface area contributed by atoms with Gasteiger partial charge < -0.3 is 4.90 Å². The first kappa shape index (κ1) is 13.8. The molecule has 1 aromatic rings. The van der Waals surface area contributed by atoms with Crippen molar-refractivity contribution in [1.29, 1.82) is 0 Å². The predicted molar refractivity (Wildman–Crippen MR) is 88.5 cm³/mol. The van der Waals surface area contributed by atoms with Crippen LogP contribution in [0.5, 0.6) is 0 Å². The molecule has 1 aliphatic heterocycles. The maximum absolute atomic E-state index is 2.81. The lowest BCUT2D eigenvalue weighted by molar-refractivity contribution is 0.0393. The van der Waals surface area contributed by atoms with Crippen LogP contribution in [-0.4, -0.2) is 24.5 Å². The Balaban J connectivity index is 1.52. The SMILES string of the molecule is c1ccc(C23CCCCC2CN(CC2CCC2)CC3)cc1. The quantitative estimate of drug-likeness (QED) is 0.782. The van der Waals surface area contributed by atoms with E-state index >= 15 is 0 Å². The second-order valence-corrected chi connectivity index (χ2v) is 7.77. The van der Waals surface area contributed by atoms with E-state index in [1.807, 2.05) is 0 Å². The number of benzene rings is 1. The third-order valence-corrected chi connectivity index (χ3v) is 6.65. The van der Waals surface area contributed by atoms with Gasteiger partial charge in [0.1, 0.15) is 0 Å². The molecule has 21 heavy (non-hydrogen) atoms. The van der Waals surface area contributed by atoms with Crippen LogP contribution in [0.2, 0.25) is 0 Å². The highest BCUT2D eigenvalue weighted by Gasteiger charge is 2.45. The average Bonchev–Trinajstić information content (AvgIpc) is 2.51. The summed E-state index contributed by atoms with van der Waals surface area (Å²) in [6, 6.07) is 11.5. The number of likely N-dealkylation sites (tertiary alicyclic amines) is 1. The van der Waals surface area contributed by atoms with Crippen molar-refractivity contribution >= 4 is 0 Å². The molecule has 1 saturated heterocycles. The van der Waals surface area contributed by atoms with Crippen molar-refractivity contribution in [2.75, 3.05) is 19.6 Å². The summed E-state index contributed by atoms with van der Waals surface area (Å²) in [5.74, 6) is 1.93. The maximum atomic E-state index is 2.81. The molecular formula is C20H29N. The van der Waals surface area contributed by atoms with Crippen molar-refractivity contribution in [1.82, 2.24) is 4.90 Å². The molecule has 2 saturated carbocycles. The molecule has 3 aliphatic rings. The van der Waals surface area contributed by atoms with Crippen LogP contribution in [0.15, 0.2) is 30.3 Å². The molecule has 1 nitrogen and oxygen atoms in total. The van der Waals surface area contributed by atoms with Gasteiger partial charge in [-0.05, 0) is 56.0 Å². The van der Waals surface area contributed by atoms with Gasteiger partial charge in [0.2, 0.25) is 0 Å². The normalized spacial score (nSPS) is 34.2. The zero-order chi connectivity index (χ0) is 14.1. The van der Waals surface area contributed by atoms with Crippen LogP contribution in [0.3, 0.4) is 0 Å². The number of nitrogens with zero attached hydrogens (tertiary/aromatic N) is 1. The fourth-order valence-electron chi connectivity index (χ4n) is 5.17. The van der Waals surface area contributed by atoms with E-state index in [1.54, 1.807) is 5.56 Å². The van der Waals surface area contributed by atoms with E-state index in [1.165, 1.54) is 71.0 Å². The van der Waals surface area contributed by atoms with Crippen LogP contribution in [-0.2, 0) is 5.41 Å². The van der Waals surface area contributed by atoms with E-state index in [4.69, 9.17) is 0 Å². The molecule has 0 radical (unpaired) electrons. The summed E-state index contributed by atoms with van der Waals surface area (Å²) in [5.41, 5.74) is 2.15. The lowest BCUT2D eigenvalue weighted by atomic mass is 9.59. The standard InChI is InChI=1S/C20H29N/c1-2-9-18(10-3-1)20-12-5-4-11-19(20)16-21(14-13-20)15-17-7-6-8-17/h1-3,9-10,17,19H,4-8,11-16H2. The molecular weight excluding hydrogens is 254 g/mol. The van der Waals surface area contributed by atoms with Gasteiger partial charge >= 0.3 is 0 Å². The Morgan fingerprint density at radius 2 is 1.81 bits per heavy atom. The Hall–Kier alpha value is -0.820. The molecule has 4 rings (SSSR count). The fraction of sp³-hybridized carbons (Fsp3) is 0.700. The van der Waals surface area contributed by atoms with Crippen LogP contribution in [0, 0.1) is 11.8 Å². The Labute approximate surface area is 129 Å². The van der Waals surface area contributed by atoms with Crippen molar-refractivity contribution in [2.45, 2.75) is 56.8 Å². The number of hydrogen-bond acceptors (Lipinski definition) is 1. The van der Waals surface area contributed by atoms with Crippen molar-refractivity contribution in [2.24, 2.45) is 11.8 Å². The van der Waals surface area contributed by atoms with Gasteiger partial charge in [-0.25, -0.2) is 0 Å². The number of fused-ring (bicyclic) bond motifs is 1. The third kappa shape index (κ3) is 2.54. The predicted octanol–water partition coefficient (Wildman–Crippen LogP) is 4.62. The first-order chi connectivity index (χ1) is 10.4. The summed E-state index contributed by atoms with van der Waals surface area (Å²) in [7, 11) is 0. The molecule has 2 unspecified atom stereocenters. The van der Waals surface area contributed by atoms with Crippen LogP contribution in [0.4, 0.5) is 0 Å². The number of piperidine rings is 1. The summed E-state index contributed by atoms with van der Waals surface area (Å²) in [4.78, 5) is 2.81. The highest BCUT2D eigenvalue weighted by molar-refractivity contribution is 5.28. The molecule has 1 aromatic carbocycles. The molecule has 114 valence electrons. The van der Waals surface area contributed by atoms with E-state index in [0.29, 0.717) is 5.41 Å². The molecule has 1 heterocycles. The summed E-state index contributed by atoms with van der Waals surface area (Å²) in [6.45, 7) is 4.09. The smallest absolute Gasteiger partial charge is 0.00183 e. The summed E-state index contributed by atoms with van der Waals surface area (Å²) < 4.78 is 0. The molecule has 0 bridgehead atoms. The van der Waals surface area contributed by atoms with Gasteiger partial charge in [-0.15, -0.1) is 0 Å². The van der Waals surface area contributed by atoms with Crippen molar-refractivity contribution in [3.05, 3.63) is 35.9 Å². The van der Waals surface area contributed by atoms with Gasteiger partial charge in [0.15, 0.2) is 0 Å². The van der Waals surface area contributed by atoms with Gasteiger partial charge in [0, 0.05) is 18.5 Å². The minimum absolute atomic E-state index is 0.510. The highest BCUT2D eigenvalue weighted by Crippen LogP contribution is 2.49. The molecule has 2 atom stereocenters. The second kappa shape index (κ2) is 5.76. The van der Waals surface area contributed by atoms with Crippen molar-refractivity contribution < 1.29 is 0 Å². The van der Waals surface area contributed by atoms with Crippen LogP contribution in [0.1, 0.15) is 56.9 Å². The first-order valence-corrected chi connectivity index (χ1v) is 9.15. The zero-order valence-corrected chi connectivity index (χ0v) is 13.3. The van der Waals surface area contributed by atoms with E-state index in [2.05, 4.69) is 35.2 Å². The number of rotatable bonds is 3. The van der Waals surface area contributed by atoms with Crippen LogP contribution >= 0.6 is 0 Å². The van der Waals surface area contributed by atoms with Crippen molar-refractivity contribution in [3.63, 3.8) is 0 Å². The van der Waals surface area contributed by atoms with Crippen LogP contribution in [0.25, 0.3) is 0 Å². The van der Waals surface area contributed by atoms with Gasteiger partial charge in [0.05, 0.1) is 0 Å². The monoisotopic (exact) mass is 283 g/mol. The molecule has 1 heteroatoms. The first-order valence-electron chi connectivity index (χ1n) is 9.15. The topological polar surface area (TPSA) is 3.24 Å². The largest absolute Gasteiger partial charge is 0.303 e. The van der Waals surface area contributed by atoms with Gasteiger partial charge in [-0.2, -0.15) is 0 Å². The molecule has 3 fully saturated rings. The summed E-state index contributed by atoms with van der Waals surface area (Å²) in [6.07, 6.45) is 11.6. The number of hydrogen-bond donors (Lipinski definition) is 0. The fourth-order valence-corrected chi connectivity index (χ4v) is 5.17. The average molecular weight is 283 g/mol. The van der Waals surface area contributed by atoms with Crippen molar-refractivity contribution in [3.8, 4) is 0 Å². The van der Waals surface area contributed by atoms with E-state index in [0.717, 1.165) is 11.8 Å². The Morgan fingerprint density at radius 3 is 2.57 bits per heavy atom. The van der Waals surface area contributed by atoms with Gasteiger partial charge in [-0.1, -0.05) is 49.6 Å². The third-order valence-electron chi connectivity index (χ3n) is 6.65. The Kier molecular flexibility index (Phi) is 3.79. The molecule has 0 amide bonds. The summed E-state index contributed by atoms with van der Waals surface area (Å²) in [5, 5.41) is 0. The molecule has 2 aliphatic carbocycles. The molecule has 0 aromatic heterocycles. The van der Waals surface area contributed by atoms with Crippen LogP contribution < -0.4 is 0 Å². The Bertz CT molecular complexity index is 464. The van der Waals surface area contributed by atoms with Gasteiger partial charge in [0.25, 0.3) is 0 Å². The summed E-state index contributed by atoms with van der Waals surface area (Å²) >= 11 is 0. The van der Waals surface area contributed by atoms with E-state index in [9.17, 15) is 0 Å². The molecule has 0 spiro atoms. The Morgan fingerprint density at radius 1 is 0.952 bits per heavy atom. The zero-order valence-electron chi connectivity index (χ0n) is 13.3.